The van der Waals surface area contributed by atoms with E-state index in [1.807, 2.05) is 0 Å². The van der Waals surface area contributed by atoms with Crippen molar-refractivity contribution in [3.05, 3.63) is 0 Å². The van der Waals surface area contributed by atoms with Crippen LogP contribution in [0.1, 0.15) is 26.2 Å². The molecule has 4 N–H and O–H groups in total. The molecule has 0 aromatic heterocycles. The summed E-state index contributed by atoms with van der Waals surface area (Å²) in [4.78, 5) is 0. The van der Waals surface area contributed by atoms with Crippen LogP contribution in [0.5, 0.6) is 0 Å². The largest absolute Gasteiger partial charge is 0.326 e. The molecule has 2 heteroatoms. The summed E-state index contributed by atoms with van der Waals surface area (Å²) in [6.07, 6.45) is 3.64. The molecule has 0 aliphatic heterocycles. The number of rotatable bonds is 0. The molecule has 54 valence electrons. The van der Waals surface area contributed by atoms with Gasteiger partial charge in [-0.25, -0.2) is 0 Å². The maximum Gasteiger partial charge on any atom is 0.0218 e. The summed E-state index contributed by atoms with van der Waals surface area (Å²) in [7, 11) is 0. The van der Waals surface area contributed by atoms with E-state index >= 15 is 0 Å². The third-order valence-corrected chi connectivity index (χ3v) is 2.35. The van der Waals surface area contributed by atoms with E-state index in [-0.39, 0.29) is 12.1 Å². The fraction of sp³-hybridized carbons (Fsp3) is 1.00. The van der Waals surface area contributed by atoms with Gasteiger partial charge in [-0.05, 0) is 18.8 Å². The van der Waals surface area contributed by atoms with E-state index in [4.69, 9.17) is 11.5 Å². The van der Waals surface area contributed by atoms with Crippen molar-refractivity contribution in [3.8, 4) is 0 Å². The highest BCUT2D eigenvalue weighted by atomic mass is 14.8. The molecule has 1 aliphatic carbocycles. The van der Waals surface area contributed by atoms with Gasteiger partial charge in [-0.15, -0.1) is 0 Å². The van der Waals surface area contributed by atoms with Crippen molar-refractivity contribution in [2.75, 3.05) is 0 Å². The van der Waals surface area contributed by atoms with Crippen molar-refractivity contribution in [2.45, 2.75) is 38.3 Å². The molecule has 0 saturated heterocycles. The first kappa shape index (κ1) is 7.03. The standard InChI is InChI=1S/C7H16N2/c1-5-3-2-4-6(8)7(5)9/h5-7H,2-4,8-9H2,1H3/t5-,6-,7-/m1/s1. The van der Waals surface area contributed by atoms with Gasteiger partial charge in [0.1, 0.15) is 0 Å². The Labute approximate surface area is 56.6 Å². The van der Waals surface area contributed by atoms with Gasteiger partial charge in [0.25, 0.3) is 0 Å². The summed E-state index contributed by atoms with van der Waals surface area (Å²) in [5.41, 5.74) is 11.5. The van der Waals surface area contributed by atoms with Crippen LogP contribution < -0.4 is 11.5 Å². The SMILES string of the molecule is C[C@@H]1CCC[C@@H](N)[C@@H]1N. The Bertz CT molecular complexity index is 82.9. The lowest BCUT2D eigenvalue weighted by Gasteiger charge is -2.30. The summed E-state index contributed by atoms with van der Waals surface area (Å²) in [5.74, 6) is 0.633. The van der Waals surface area contributed by atoms with Gasteiger partial charge in [-0.3, -0.25) is 0 Å². The molecule has 1 aliphatic rings. The van der Waals surface area contributed by atoms with Crippen LogP contribution >= 0.6 is 0 Å². The zero-order valence-electron chi connectivity index (χ0n) is 6.01. The summed E-state index contributed by atoms with van der Waals surface area (Å²) in [6.45, 7) is 2.18. The quantitative estimate of drug-likeness (QED) is 0.498. The van der Waals surface area contributed by atoms with E-state index in [1.54, 1.807) is 0 Å². The highest BCUT2D eigenvalue weighted by Crippen LogP contribution is 2.20. The fourth-order valence-electron chi connectivity index (χ4n) is 1.48. The minimum atomic E-state index is 0.249. The molecule has 2 nitrogen and oxygen atoms in total. The second-order valence-corrected chi connectivity index (χ2v) is 3.15. The molecule has 0 heterocycles. The maximum atomic E-state index is 5.80. The average Bonchev–Trinajstić information content (AvgIpc) is 1.83. The van der Waals surface area contributed by atoms with Gasteiger partial charge in [0.15, 0.2) is 0 Å². The summed E-state index contributed by atoms with van der Waals surface area (Å²) < 4.78 is 0. The molecule has 1 saturated carbocycles. The third-order valence-electron chi connectivity index (χ3n) is 2.35. The zero-order valence-corrected chi connectivity index (χ0v) is 6.01. The Hall–Kier alpha value is -0.0800. The van der Waals surface area contributed by atoms with Gasteiger partial charge in [0.05, 0.1) is 0 Å². The van der Waals surface area contributed by atoms with Gasteiger partial charge in [-0.2, -0.15) is 0 Å². The van der Waals surface area contributed by atoms with Crippen LogP contribution in [0.3, 0.4) is 0 Å². The molecule has 0 spiro atoms. The first-order chi connectivity index (χ1) is 4.22. The Morgan fingerprint density at radius 1 is 1.22 bits per heavy atom. The Morgan fingerprint density at radius 2 is 1.89 bits per heavy atom. The molecule has 1 rings (SSSR count). The van der Waals surface area contributed by atoms with Crippen molar-refractivity contribution in [1.29, 1.82) is 0 Å². The molecule has 9 heavy (non-hydrogen) atoms. The number of hydrogen-bond donors (Lipinski definition) is 2. The van der Waals surface area contributed by atoms with Crippen LogP contribution in [-0.4, -0.2) is 12.1 Å². The first-order valence-electron chi connectivity index (χ1n) is 3.73. The zero-order chi connectivity index (χ0) is 6.85. The van der Waals surface area contributed by atoms with E-state index in [0.717, 1.165) is 6.42 Å². The van der Waals surface area contributed by atoms with Crippen LogP contribution in [0.15, 0.2) is 0 Å². The van der Waals surface area contributed by atoms with Crippen LogP contribution in [0, 0.1) is 5.92 Å². The maximum absolute atomic E-state index is 5.80. The highest BCUT2D eigenvalue weighted by Gasteiger charge is 2.23. The van der Waals surface area contributed by atoms with Crippen molar-refractivity contribution in [3.63, 3.8) is 0 Å². The van der Waals surface area contributed by atoms with E-state index in [2.05, 4.69) is 6.92 Å². The lowest BCUT2D eigenvalue weighted by molar-refractivity contribution is 0.293. The van der Waals surface area contributed by atoms with Crippen molar-refractivity contribution in [1.82, 2.24) is 0 Å². The minimum absolute atomic E-state index is 0.249. The third kappa shape index (κ3) is 1.43. The second kappa shape index (κ2) is 2.67. The smallest absolute Gasteiger partial charge is 0.0218 e. The second-order valence-electron chi connectivity index (χ2n) is 3.15. The van der Waals surface area contributed by atoms with Gasteiger partial charge in [0, 0.05) is 12.1 Å². The van der Waals surface area contributed by atoms with E-state index in [0.29, 0.717) is 5.92 Å². The molecule has 0 aromatic carbocycles. The highest BCUT2D eigenvalue weighted by molar-refractivity contribution is 4.84. The molecule has 0 amide bonds. The number of nitrogens with two attached hydrogens (primary N) is 2. The van der Waals surface area contributed by atoms with E-state index in [9.17, 15) is 0 Å². The summed E-state index contributed by atoms with van der Waals surface area (Å²) in [6, 6.07) is 0.507. The minimum Gasteiger partial charge on any atom is -0.326 e. The number of hydrogen-bond acceptors (Lipinski definition) is 2. The van der Waals surface area contributed by atoms with Crippen LogP contribution in [0.25, 0.3) is 0 Å². The average molecular weight is 128 g/mol. The van der Waals surface area contributed by atoms with Crippen molar-refractivity contribution < 1.29 is 0 Å². The molecule has 0 aromatic rings. The summed E-state index contributed by atoms with van der Waals surface area (Å²) >= 11 is 0. The van der Waals surface area contributed by atoms with Crippen molar-refractivity contribution >= 4 is 0 Å². The molecule has 3 atom stereocenters. The van der Waals surface area contributed by atoms with Crippen LogP contribution in [0.2, 0.25) is 0 Å². The predicted molar refractivity (Wildman–Crippen MR) is 39.0 cm³/mol. The molecular formula is C7H16N2. The lowest BCUT2D eigenvalue weighted by atomic mass is 9.83. The van der Waals surface area contributed by atoms with Gasteiger partial charge >= 0.3 is 0 Å². The van der Waals surface area contributed by atoms with Crippen LogP contribution in [0.4, 0.5) is 0 Å². The Balaban J connectivity index is 2.41. The van der Waals surface area contributed by atoms with Crippen molar-refractivity contribution in [2.24, 2.45) is 17.4 Å². The van der Waals surface area contributed by atoms with Crippen LogP contribution in [-0.2, 0) is 0 Å². The molecule has 0 radical (unpaired) electrons. The molecular weight excluding hydrogens is 112 g/mol. The van der Waals surface area contributed by atoms with Gasteiger partial charge in [0.2, 0.25) is 0 Å². The van der Waals surface area contributed by atoms with E-state index < -0.39 is 0 Å². The molecule has 0 unspecified atom stereocenters. The molecule has 1 fully saturated rings. The topological polar surface area (TPSA) is 52.0 Å². The normalized spacial score (nSPS) is 45.0. The lowest BCUT2D eigenvalue weighted by Crippen LogP contribution is -2.48. The first-order valence-corrected chi connectivity index (χ1v) is 3.73. The van der Waals surface area contributed by atoms with E-state index in [1.165, 1.54) is 12.8 Å². The summed E-state index contributed by atoms with van der Waals surface area (Å²) in [5, 5.41) is 0. The monoisotopic (exact) mass is 128 g/mol. The predicted octanol–water partition coefficient (Wildman–Crippen LogP) is 0.461. The molecule has 0 bridgehead atoms. The van der Waals surface area contributed by atoms with Gasteiger partial charge < -0.3 is 11.5 Å². The Morgan fingerprint density at radius 3 is 2.33 bits per heavy atom. The van der Waals surface area contributed by atoms with Gasteiger partial charge in [-0.1, -0.05) is 13.3 Å². The fourth-order valence-corrected chi connectivity index (χ4v) is 1.48. The Kier molecular flexibility index (Phi) is 2.09.